The molecular weight excluding hydrogens is 392 g/mol. The van der Waals surface area contributed by atoms with Crippen molar-refractivity contribution < 1.29 is 13.5 Å². The fourth-order valence-corrected chi connectivity index (χ4v) is 4.35. The summed E-state index contributed by atoms with van der Waals surface area (Å²) in [4.78, 5) is 9.96. The largest absolute Gasteiger partial charge is 0.497 e. The van der Waals surface area contributed by atoms with Gasteiger partial charge in [-0.05, 0) is 56.0 Å². The van der Waals surface area contributed by atoms with Crippen LogP contribution in [0.15, 0.2) is 59.3 Å². The third-order valence-electron chi connectivity index (χ3n) is 4.70. The van der Waals surface area contributed by atoms with E-state index < -0.39 is 11.7 Å². The van der Waals surface area contributed by atoms with Crippen molar-refractivity contribution in [1.29, 1.82) is 0 Å². The Labute approximate surface area is 173 Å². The molecule has 0 saturated heterocycles. The summed E-state index contributed by atoms with van der Waals surface area (Å²) in [5.74, 6) is -0.439. The van der Waals surface area contributed by atoms with Crippen LogP contribution in [0.4, 0.5) is 8.78 Å². The maximum atomic E-state index is 14.2. The van der Waals surface area contributed by atoms with Gasteiger partial charge in [-0.1, -0.05) is 12.6 Å². The van der Waals surface area contributed by atoms with E-state index in [1.807, 2.05) is 12.1 Å². The van der Waals surface area contributed by atoms with E-state index >= 15 is 0 Å². The van der Waals surface area contributed by atoms with Gasteiger partial charge in [0.25, 0.3) is 0 Å². The zero-order chi connectivity index (χ0) is 21.0. The molecule has 1 aromatic carbocycles. The first-order chi connectivity index (χ1) is 14.0. The lowest BCUT2D eigenvalue weighted by Gasteiger charge is -2.10. The van der Waals surface area contributed by atoms with E-state index in [9.17, 15) is 8.78 Å². The van der Waals surface area contributed by atoms with Crippen LogP contribution < -0.4 is 10.1 Å². The van der Waals surface area contributed by atoms with Crippen molar-refractivity contribution in [2.24, 2.45) is 4.99 Å². The summed E-state index contributed by atoms with van der Waals surface area (Å²) in [5.41, 5.74) is 2.97. The number of rotatable bonds is 5. The minimum atomic E-state index is -0.796. The Morgan fingerprint density at radius 1 is 1.34 bits per heavy atom. The number of methoxy groups -OCH3 is 1. The number of thiazole rings is 1. The number of allylic oxidation sites excluding steroid dienone is 4. The fourth-order valence-electron chi connectivity index (χ4n) is 3.19. The van der Waals surface area contributed by atoms with Crippen LogP contribution in [0.3, 0.4) is 0 Å². The van der Waals surface area contributed by atoms with Crippen LogP contribution in [0.25, 0.3) is 10.4 Å². The van der Waals surface area contributed by atoms with Gasteiger partial charge in [-0.15, -0.1) is 11.3 Å². The van der Waals surface area contributed by atoms with Crippen molar-refractivity contribution in [1.82, 2.24) is 10.3 Å². The molecule has 4 nitrogen and oxygen atoms in total. The molecule has 0 amide bonds. The summed E-state index contributed by atoms with van der Waals surface area (Å²) in [5, 5.41) is 3.33. The van der Waals surface area contributed by atoms with Crippen LogP contribution in [0.1, 0.15) is 29.6 Å². The van der Waals surface area contributed by atoms with Crippen LogP contribution in [-0.2, 0) is 12.8 Å². The van der Waals surface area contributed by atoms with Crippen molar-refractivity contribution >= 4 is 17.2 Å². The Balaban J connectivity index is 2.04. The highest BCUT2D eigenvalue weighted by molar-refractivity contribution is 7.17. The van der Waals surface area contributed by atoms with Gasteiger partial charge in [0.05, 0.1) is 17.7 Å². The van der Waals surface area contributed by atoms with E-state index in [0.717, 1.165) is 47.2 Å². The molecule has 0 spiro atoms. The van der Waals surface area contributed by atoms with E-state index in [1.165, 1.54) is 29.9 Å². The number of aromatic nitrogens is 1. The van der Waals surface area contributed by atoms with Gasteiger partial charge < -0.3 is 10.1 Å². The molecule has 0 unspecified atom stereocenters. The summed E-state index contributed by atoms with van der Waals surface area (Å²) in [6.07, 6.45) is 4.91. The predicted molar refractivity (Wildman–Crippen MR) is 115 cm³/mol. The molecule has 3 rings (SSSR count). The molecule has 29 heavy (non-hydrogen) atoms. The summed E-state index contributed by atoms with van der Waals surface area (Å²) < 4.78 is 33.7. The Hall–Kier alpha value is -2.80. The third kappa shape index (κ3) is 4.29. The highest BCUT2D eigenvalue weighted by Crippen LogP contribution is 2.38. The number of hydrogen-bond donors (Lipinski definition) is 1. The molecule has 0 atom stereocenters. The first-order valence-corrected chi connectivity index (χ1v) is 10.1. The average molecular weight is 416 g/mol. The van der Waals surface area contributed by atoms with Crippen LogP contribution in [-0.4, -0.2) is 25.0 Å². The fraction of sp³-hybridized carbons (Fsp3) is 0.273. The zero-order valence-corrected chi connectivity index (χ0v) is 17.5. The topological polar surface area (TPSA) is 46.5 Å². The standard InChI is InChI=1S/C22H23F2N3OS/c1-5-16(23)19(17(24)6-2)27-21(25-3)22-26-18-9-7-8-13-10-11-14(28-4)12-15(13)20(18)29-22/h5-6,10-12H,1,7-9H2,2-4H3,(H,25,27)/b17-6+,19-16-. The SMILES string of the molecule is C=C/C(F)=C(NC(=NC)c1nc2c(s1)-c1cc(OC)ccc1CCC2)\C(F)=C/C. The molecule has 7 heteroatoms. The normalized spacial score (nSPS) is 15.1. The predicted octanol–water partition coefficient (Wildman–Crippen LogP) is 5.51. The number of fused-ring (bicyclic) bond motifs is 3. The summed E-state index contributed by atoms with van der Waals surface area (Å²) in [6.45, 7) is 4.87. The van der Waals surface area contributed by atoms with Gasteiger partial charge in [-0.3, -0.25) is 4.99 Å². The number of hydrogen-bond acceptors (Lipinski definition) is 4. The number of nitrogens with zero attached hydrogens (tertiary/aromatic N) is 2. The maximum Gasteiger partial charge on any atom is 0.162 e. The van der Waals surface area contributed by atoms with Gasteiger partial charge in [-0.2, -0.15) is 0 Å². The molecule has 0 fully saturated rings. The smallest absolute Gasteiger partial charge is 0.162 e. The average Bonchev–Trinajstić information content (AvgIpc) is 3.09. The first-order valence-electron chi connectivity index (χ1n) is 9.27. The third-order valence-corrected chi connectivity index (χ3v) is 5.84. The lowest BCUT2D eigenvalue weighted by atomic mass is 10.0. The van der Waals surface area contributed by atoms with Crippen molar-refractivity contribution in [3.8, 4) is 16.2 Å². The van der Waals surface area contributed by atoms with Gasteiger partial charge >= 0.3 is 0 Å². The minimum absolute atomic E-state index is 0.302. The number of amidine groups is 1. The van der Waals surface area contributed by atoms with E-state index in [-0.39, 0.29) is 5.70 Å². The maximum absolute atomic E-state index is 14.2. The summed E-state index contributed by atoms with van der Waals surface area (Å²) in [7, 11) is 3.20. The van der Waals surface area contributed by atoms with E-state index in [2.05, 4.69) is 23.0 Å². The van der Waals surface area contributed by atoms with Crippen LogP contribution in [0.5, 0.6) is 5.75 Å². The van der Waals surface area contributed by atoms with Gasteiger partial charge in [0.15, 0.2) is 10.8 Å². The second-order valence-corrected chi connectivity index (χ2v) is 7.43. The van der Waals surface area contributed by atoms with Crippen LogP contribution in [0.2, 0.25) is 0 Å². The summed E-state index contributed by atoms with van der Waals surface area (Å²) >= 11 is 1.45. The molecular formula is C22H23F2N3OS. The van der Waals surface area contributed by atoms with Crippen molar-refractivity contribution in [2.45, 2.75) is 26.2 Å². The molecule has 1 aromatic heterocycles. The van der Waals surface area contributed by atoms with Gasteiger partial charge in [-0.25, -0.2) is 13.8 Å². The number of aliphatic imine (C=N–C) groups is 1. The molecule has 1 heterocycles. The quantitative estimate of drug-likeness (QED) is 0.398. The van der Waals surface area contributed by atoms with E-state index in [0.29, 0.717) is 10.8 Å². The van der Waals surface area contributed by atoms with E-state index in [4.69, 9.17) is 9.72 Å². The minimum Gasteiger partial charge on any atom is -0.497 e. The Morgan fingerprint density at radius 3 is 2.79 bits per heavy atom. The Bertz CT molecular complexity index is 1020. The number of aryl methyl sites for hydroxylation is 2. The first kappa shape index (κ1) is 20.9. The number of nitrogens with one attached hydrogen (secondary N) is 1. The van der Waals surface area contributed by atoms with Gasteiger partial charge in [0.2, 0.25) is 0 Å². The van der Waals surface area contributed by atoms with Gasteiger partial charge in [0, 0.05) is 12.6 Å². The number of halogens is 2. The Kier molecular flexibility index (Phi) is 6.59. The van der Waals surface area contributed by atoms with Crippen molar-refractivity contribution in [2.75, 3.05) is 14.2 Å². The number of ether oxygens (including phenoxy) is 1. The molecule has 0 bridgehead atoms. The lowest BCUT2D eigenvalue weighted by Crippen LogP contribution is -2.25. The molecule has 1 aliphatic carbocycles. The van der Waals surface area contributed by atoms with Crippen LogP contribution in [0, 0.1) is 0 Å². The summed E-state index contributed by atoms with van der Waals surface area (Å²) in [6, 6.07) is 6.05. The second kappa shape index (κ2) is 9.13. The molecule has 0 aliphatic heterocycles. The van der Waals surface area contributed by atoms with Crippen molar-refractivity contribution in [3.63, 3.8) is 0 Å². The Morgan fingerprint density at radius 2 is 2.14 bits per heavy atom. The highest BCUT2D eigenvalue weighted by Gasteiger charge is 2.23. The monoisotopic (exact) mass is 415 g/mol. The molecule has 2 aromatic rings. The molecule has 0 radical (unpaired) electrons. The zero-order valence-electron chi connectivity index (χ0n) is 16.7. The second-order valence-electron chi connectivity index (χ2n) is 6.43. The number of benzene rings is 1. The lowest BCUT2D eigenvalue weighted by molar-refractivity contribution is 0.415. The molecule has 0 saturated carbocycles. The van der Waals surface area contributed by atoms with Gasteiger partial charge in [0.1, 0.15) is 23.1 Å². The molecule has 1 N–H and O–H groups in total. The van der Waals surface area contributed by atoms with Crippen LogP contribution >= 0.6 is 11.3 Å². The van der Waals surface area contributed by atoms with E-state index in [1.54, 1.807) is 14.2 Å². The van der Waals surface area contributed by atoms with Crippen molar-refractivity contribution in [3.05, 3.63) is 70.5 Å². The molecule has 152 valence electrons. The highest BCUT2D eigenvalue weighted by atomic mass is 32.1. The molecule has 1 aliphatic rings.